The summed E-state index contributed by atoms with van der Waals surface area (Å²) in [6.45, 7) is 4.36. The van der Waals surface area contributed by atoms with Gasteiger partial charge in [0.05, 0.1) is 18.8 Å². The van der Waals surface area contributed by atoms with E-state index in [9.17, 15) is 4.79 Å². The molecule has 3 fully saturated rings. The predicted molar refractivity (Wildman–Crippen MR) is 95.6 cm³/mol. The number of hydrogen-bond acceptors (Lipinski definition) is 4. The Morgan fingerprint density at radius 2 is 1.84 bits per heavy atom. The molecule has 0 bridgehead atoms. The Labute approximate surface area is 149 Å². The molecular weight excluding hydrogens is 316 g/mol. The fraction of sp³-hybridized carbons (Fsp3) is 0.650. The molecule has 0 radical (unpaired) electrons. The number of amides is 1. The van der Waals surface area contributed by atoms with E-state index in [4.69, 9.17) is 9.47 Å². The highest BCUT2D eigenvalue weighted by Crippen LogP contribution is 2.41. The van der Waals surface area contributed by atoms with Crippen LogP contribution in [0.3, 0.4) is 0 Å². The smallest absolute Gasteiger partial charge is 0.254 e. The van der Waals surface area contributed by atoms with Crippen molar-refractivity contribution in [2.24, 2.45) is 0 Å². The summed E-state index contributed by atoms with van der Waals surface area (Å²) in [6, 6.07) is 8.50. The van der Waals surface area contributed by atoms with Gasteiger partial charge in [0.15, 0.2) is 0 Å². The highest BCUT2D eigenvalue weighted by Gasteiger charge is 2.45. The molecule has 5 heteroatoms. The zero-order valence-corrected chi connectivity index (χ0v) is 14.8. The van der Waals surface area contributed by atoms with Crippen LogP contribution in [0.5, 0.6) is 0 Å². The summed E-state index contributed by atoms with van der Waals surface area (Å²) >= 11 is 0. The molecule has 1 aromatic rings. The van der Waals surface area contributed by atoms with Gasteiger partial charge in [-0.2, -0.15) is 0 Å². The van der Waals surface area contributed by atoms with Gasteiger partial charge in [0.1, 0.15) is 0 Å². The second-order valence-corrected chi connectivity index (χ2v) is 7.44. The highest BCUT2D eigenvalue weighted by atomic mass is 16.5. The first kappa shape index (κ1) is 17.0. The molecule has 1 saturated carbocycles. The number of rotatable bonds is 4. The van der Waals surface area contributed by atoms with Gasteiger partial charge in [-0.25, -0.2) is 0 Å². The maximum absolute atomic E-state index is 12.5. The second-order valence-electron chi connectivity index (χ2n) is 7.44. The number of carbonyl (C=O) groups is 1. The van der Waals surface area contributed by atoms with Gasteiger partial charge in [0.25, 0.3) is 5.91 Å². The van der Waals surface area contributed by atoms with Crippen molar-refractivity contribution in [2.75, 3.05) is 32.9 Å². The lowest BCUT2D eigenvalue weighted by Gasteiger charge is -2.30. The molecule has 0 aromatic heterocycles. The number of hydrogen-bond donors (Lipinski definition) is 1. The molecule has 5 nitrogen and oxygen atoms in total. The van der Waals surface area contributed by atoms with Gasteiger partial charge in [0.2, 0.25) is 0 Å². The quantitative estimate of drug-likeness (QED) is 0.911. The zero-order chi connectivity index (χ0) is 17.1. The first-order valence-corrected chi connectivity index (χ1v) is 9.60. The lowest BCUT2D eigenvalue weighted by Crippen LogP contribution is -2.45. The van der Waals surface area contributed by atoms with Crippen LogP contribution in [0.1, 0.15) is 48.0 Å². The minimum Gasteiger partial charge on any atom is -0.378 e. The molecule has 3 aliphatic rings. The van der Waals surface area contributed by atoms with Gasteiger partial charge in [-0.1, -0.05) is 25.0 Å². The van der Waals surface area contributed by atoms with E-state index in [0.29, 0.717) is 32.3 Å². The van der Waals surface area contributed by atoms with Crippen molar-refractivity contribution >= 4 is 5.91 Å². The van der Waals surface area contributed by atoms with Crippen LogP contribution < -0.4 is 5.32 Å². The van der Waals surface area contributed by atoms with Gasteiger partial charge in [-0.15, -0.1) is 0 Å². The van der Waals surface area contributed by atoms with Crippen molar-refractivity contribution in [3.05, 3.63) is 35.4 Å². The second kappa shape index (κ2) is 7.44. The topological polar surface area (TPSA) is 50.8 Å². The number of carbonyl (C=O) groups excluding carboxylic acids is 1. The number of morpholine rings is 1. The molecule has 2 aliphatic heterocycles. The summed E-state index contributed by atoms with van der Waals surface area (Å²) in [5.41, 5.74) is 2.08. The Morgan fingerprint density at radius 1 is 1.12 bits per heavy atom. The molecule has 1 atom stereocenters. The SMILES string of the molecule is O=C(c1ccc(CNC2CCOC23CCCC3)cc1)N1CCOCC1. The van der Waals surface area contributed by atoms with Crippen molar-refractivity contribution < 1.29 is 14.3 Å². The highest BCUT2D eigenvalue weighted by molar-refractivity contribution is 5.94. The fourth-order valence-corrected chi connectivity index (χ4v) is 4.45. The van der Waals surface area contributed by atoms with Crippen molar-refractivity contribution in [1.29, 1.82) is 0 Å². The Hall–Kier alpha value is -1.43. The molecule has 1 unspecified atom stereocenters. The molecule has 136 valence electrons. The first-order chi connectivity index (χ1) is 12.3. The Kier molecular flexibility index (Phi) is 5.06. The molecular formula is C20H28N2O3. The largest absolute Gasteiger partial charge is 0.378 e. The molecule has 1 spiro atoms. The monoisotopic (exact) mass is 344 g/mol. The standard InChI is InChI=1S/C20H28N2O3/c23-19(22-10-13-24-14-11-22)17-5-3-16(4-6-17)15-21-18-7-12-25-20(18)8-1-2-9-20/h3-6,18,21H,1-2,7-15H2. The molecule has 1 amide bonds. The number of ether oxygens (including phenoxy) is 2. The van der Waals surface area contributed by atoms with Gasteiger partial charge < -0.3 is 19.7 Å². The van der Waals surface area contributed by atoms with E-state index in [1.54, 1.807) is 0 Å². The third kappa shape index (κ3) is 3.59. The van der Waals surface area contributed by atoms with Crippen LogP contribution >= 0.6 is 0 Å². The van der Waals surface area contributed by atoms with Crippen molar-refractivity contribution in [1.82, 2.24) is 10.2 Å². The number of nitrogens with zero attached hydrogens (tertiary/aromatic N) is 1. The molecule has 1 aliphatic carbocycles. The van der Waals surface area contributed by atoms with Crippen LogP contribution in [0.15, 0.2) is 24.3 Å². The van der Waals surface area contributed by atoms with Crippen molar-refractivity contribution in [3.63, 3.8) is 0 Å². The Bertz CT molecular complexity index is 584. The van der Waals surface area contributed by atoms with E-state index in [2.05, 4.69) is 17.4 Å². The lowest BCUT2D eigenvalue weighted by molar-refractivity contribution is -0.00484. The molecule has 4 rings (SSSR count). The third-order valence-electron chi connectivity index (χ3n) is 5.93. The zero-order valence-electron chi connectivity index (χ0n) is 14.8. The van der Waals surface area contributed by atoms with Crippen LogP contribution in [-0.4, -0.2) is 55.4 Å². The van der Waals surface area contributed by atoms with E-state index in [0.717, 1.165) is 25.1 Å². The average Bonchev–Trinajstić information content (AvgIpc) is 3.31. The van der Waals surface area contributed by atoms with Gasteiger partial charge in [-0.05, 0) is 37.0 Å². The number of nitrogens with one attached hydrogen (secondary N) is 1. The van der Waals surface area contributed by atoms with Crippen molar-refractivity contribution in [2.45, 2.75) is 50.3 Å². The van der Waals surface area contributed by atoms with E-state index in [1.807, 2.05) is 17.0 Å². The van der Waals surface area contributed by atoms with Crippen LogP contribution in [-0.2, 0) is 16.0 Å². The minimum absolute atomic E-state index is 0.0895. The maximum atomic E-state index is 12.5. The number of benzene rings is 1. The van der Waals surface area contributed by atoms with E-state index < -0.39 is 0 Å². The molecule has 1 aromatic carbocycles. The van der Waals surface area contributed by atoms with Crippen molar-refractivity contribution in [3.8, 4) is 0 Å². The molecule has 2 saturated heterocycles. The summed E-state index contributed by atoms with van der Waals surface area (Å²) in [7, 11) is 0. The van der Waals surface area contributed by atoms with Crippen LogP contribution in [0, 0.1) is 0 Å². The van der Waals surface area contributed by atoms with E-state index in [-0.39, 0.29) is 11.5 Å². The Balaban J connectivity index is 1.33. The third-order valence-corrected chi connectivity index (χ3v) is 5.93. The van der Waals surface area contributed by atoms with Gasteiger partial charge in [-0.3, -0.25) is 4.79 Å². The Morgan fingerprint density at radius 3 is 2.56 bits per heavy atom. The first-order valence-electron chi connectivity index (χ1n) is 9.60. The molecule has 1 N–H and O–H groups in total. The van der Waals surface area contributed by atoms with Gasteiger partial charge >= 0.3 is 0 Å². The summed E-state index contributed by atoms with van der Waals surface area (Å²) in [6.07, 6.45) is 6.07. The van der Waals surface area contributed by atoms with Gasteiger partial charge in [0, 0.05) is 37.8 Å². The summed E-state index contributed by atoms with van der Waals surface area (Å²) < 4.78 is 11.4. The predicted octanol–water partition coefficient (Wildman–Crippen LogP) is 2.35. The molecule has 2 heterocycles. The summed E-state index contributed by atoms with van der Waals surface area (Å²) in [4.78, 5) is 14.4. The van der Waals surface area contributed by atoms with Crippen LogP contribution in [0.2, 0.25) is 0 Å². The average molecular weight is 344 g/mol. The van der Waals surface area contributed by atoms with E-state index in [1.165, 1.54) is 31.2 Å². The molecule has 25 heavy (non-hydrogen) atoms. The minimum atomic E-state index is 0.0895. The van der Waals surface area contributed by atoms with Crippen LogP contribution in [0.25, 0.3) is 0 Å². The summed E-state index contributed by atoms with van der Waals surface area (Å²) in [5, 5.41) is 3.71. The normalized spacial score (nSPS) is 25.6. The lowest BCUT2D eigenvalue weighted by atomic mass is 9.92. The van der Waals surface area contributed by atoms with E-state index >= 15 is 0 Å². The fourth-order valence-electron chi connectivity index (χ4n) is 4.45. The van der Waals surface area contributed by atoms with Crippen LogP contribution in [0.4, 0.5) is 0 Å². The maximum Gasteiger partial charge on any atom is 0.254 e. The summed E-state index contributed by atoms with van der Waals surface area (Å²) in [5.74, 6) is 0.108.